The molecule has 72 valence electrons. The molecule has 0 unspecified atom stereocenters. The number of aromatic nitrogens is 5. The van der Waals surface area contributed by atoms with Crippen LogP contribution in [0.1, 0.15) is 10.6 Å². The molecule has 2 aromatic heterocycles. The van der Waals surface area contributed by atoms with Crippen molar-refractivity contribution in [2.45, 2.75) is 0 Å². The number of aromatic amines is 2. The van der Waals surface area contributed by atoms with Gasteiger partial charge in [-0.2, -0.15) is 10.1 Å². The van der Waals surface area contributed by atoms with Crippen molar-refractivity contribution in [1.82, 2.24) is 25.4 Å². The van der Waals surface area contributed by atoms with Crippen molar-refractivity contribution >= 4 is 17.5 Å². The number of nitrogen functional groups attached to an aromatic ring is 1. The molecule has 0 saturated heterocycles. The lowest BCUT2D eigenvalue weighted by Crippen LogP contribution is -2.13. The van der Waals surface area contributed by atoms with Gasteiger partial charge in [0.25, 0.3) is 5.91 Å². The Bertz CT molecular complexity index is 431. The summed E-state index contributed by atoms with van der Waals surface area (Å²) in [7, 11) is 0. The number of nitrogens with two attached hydrogens (primary N) is 1. The average molecular weight is 193 g/mol. The lowest BCUT2D eigenvalue weighted by atomic mass is 10.5. The van der Waals surface area contributed by atoms with Gasteiger partial charge in [0.05, 0.1) is 11.9 Å². The Morgan fingerprint density at radius 3 is 3.00 bits per heavy atom. The fourth-order valence-electron chi connectivity index (χ4n) is 0.886. The van der Waals surface area contributed by atoms with Crippen LogP contribution < -0.4 is 11.1 Å². The quantitative estimate of drug-likeness (QED) is 0.504. The first-order valence-corrected chi connectivity index (χ1v) is 3.74. The number of carbonyl (C=O) groups is 1. The summed E-state index contributed by atoms with van der Waals surface area (Å²) >= 11 is 0. The van der Waals surface area contributed by atoms with Gasteiger partial charge in [0.2, 0.25) is 11.8 Å². The molecule has 0 saturated carbocycles. The SMILES string of the molecule is Nc1n[nH]c(C(=O)Nc2cn[nH]c2)n1. The van der Waals surface area contributed by atoms with Crippen LogP contribution in [-0.2, 0) is 0 Å². The van der Waals surface area contributed by atoms with Gasteiger partial charge in [-0.25, -0.2) is 0 Å². The fourth-order valence-corrected chi connectivity index (χ4v) is 0.886. The van der Waals surface area contributed by atoms with Gasteiger partial charge in [0.15, 0.2) is 0 Å². The molecule has 8 heteroatoms. The van der Waals surface area contributed by atoms with Crippen molar-refractivity contribution in [2.24, 2.45) is 0 Å². The van der Waals surface area contributed by atoms with Gasteiger partial charge in [0.1, 0.15) is 0 Å². The zero-order chi connectivity index (χ0) is 9.97. The van der Waals surface area contributed by atoms with E-state index in [1.165, 1.54) is 12.4 Å². The molecule has 0 aromatic carbocycles. The minimum Gasteiger partial charge on any atom is -0.366 e. The van der Waals surface area contributed by atoms with Crippen molar-refractivity contribution in [1.29, 1.82) is 0 Å². The van der Waals surface area contributed by atoms with Gasteiger partial charge < -0.3 is 11.1 Å². The lowest BCUT2D eigenvalue weighted by Gasteiger charge is -1.96. The second kappa shape index (κ2) is 3.17. The molecule has 0 radical (unpaired) electrons. The Morgan fingerprint density at radius 2 is 2.43 bits per heavy atom. The van der Waals surface area contributed by atoms with Gasteiger partial charge in [-0.05, 0) is 0 Å². The van der Waals surface area contributed by atoms with Gasteiger partial charge >= 0.3 is 0 Å². The highest BCUT2D eigenvalue weighted by molar-refractivity contribution is 6.01. The molecule has 2 aromatic rings. The molecule has 0 aliphatic rings. The smallest absolute Gasteiger partial charge is 0.293 e. The molecule has 0 aliphatic heterocycles. The Hall–Kier alpha value is -2.38. The van der Waals surface area contributed by atoms with E-state index < -0.39 is 5.91 Å². The van der Waals surface area contributed by atoms with Crippen LogP contribution in [0.2, 0.25) is 0 Å². The van der Waals surface area contributed by atoms with E-state index in [2.05, 4.69) is 30.7 Å². The Balaban J connectivity index is 2.10. The predicted molar refractivity (Wildman–Crippen MR) is 47.3 cm³/mol. The maximum Gasteiger partial charge on any atom is 0.293 e. The van der Waals surface area contributed by atoms with Crippen LogP contribution >= 0.6 is 0 Å². The second-order valence-electron chi connectivity index (χ2n) is 2.48. The molecule has 0 aliphatic carbocycles. The second-order valence-corrected chi connectivity index (χ2v) is 2.48. The van der Waals surface area contributed by atoms with Crippen molar-refractivity contribution in [3.8, 4) is 0 Å². The lowest BCUT2D eigenvalue weighted by molar-refractivity contribution is 0.101. The molecular formula is C6H7N7O. The molecular weight excluding hydrogens is 186 g/mol. The third-order valence-electron chi connectivity index (χ3n) is 1.47. The first kappa shape index (κ1) is 8.23. The van der Waals surface area contributed by atoms with E-state index in [0.717, 1.165) is 0 Å². The van der Waals surface area contributed by atoms with Crippen LogP contribution in [0.3, 0.4) is 0 Å². The first-order valence-electron chi connectivity index (χ1n) is 3.74. The maximum atomic E-state index is 11.4. The highest BCUT2D eigenvalue weighted by Crippen LogP contribution is 2.03. The largest absolute Gasteiger partial charge is 0.366 e. The average Bonchev–Trinajstić information content (AvgIpc) is 2.75. The predicted octanol–water partition coefficient (Wildman–Crippen LogP) is -0.638. The summed E-state index contributed by atoms with van der Waals surface area (Å²) in [6.45, 7) is 0. The van der Waals surface area contributed by atoms with E-state index in [4.69, 9.17) is 5.73 Å². The van der Waals surface area contributed by atoms with Gasteiger partial charge in [0, 0.05) is 6.20 Å². The molecule has 2 rings (SSSR count). The summed E-state index contributed by atoms with van der Waals surface area (Å²) in [4.78, 5) is 15.0. The highest BCUT2D eigenvalue weighted by Gasteiger charge is 2.10. The number of anilines is 2. The molecule has 0 bridgehead atoms. The summed E-state index contributed by atoms with van der Waals surface area (Å²) < 4.78 is 0. The fraction of sp³-hybridized carbons (Fsp3) is 0. The van der Waals surface area contributed by atoms with E-state index in [1.807, 2.05) is 0 Å². The number of amides is 1. The van der Waals surface area contributed by atoms with E-state index in [9.17, 15) is 4.79 Å². The first-order chi connectivity index (χ1) is 6.75. The summed E-state index contributed by atoms with van der Waals surface area (Å²) in [5.41, 5.74) is 5.78. The highest BCUT2D eigenvalue weighted by atomic mass is 16.2. The minimum absolute atomic E-state index is 0.0299. The standard InChI is InChI=1S/C6H7N7O/c7-6-11-4(12-13-6)5(14)10-3-1-8-9-2-3/h1-2H,(H,8,9)(H,10,14)(H3,7,11,12,13). The number of hydrogen-bond donors (Lipinski definition) is 4. The number of rotatable bonds is 2. The maximum absolute atomic E-state index is 11.4. The summed E-state index contributed by atoms with van der Waals surface area (Å²) in [6, 6.07) is 0. The monoisotopic (exact) mass is 193 g/mol. The van der Waals surface area contributed by atoms with Gasteiger partial charge in [-0.15, -0.1) is 5.10 Å². The number of H-pyrrole nitrogens is 2. The molecule has 5 N–H and O–H groups in total. The zero-order valence-electron chi connectivity index (χ0n) is 6.98. The summed E-state index contributed by atoms with van der Waals surface area (Å²) in [5, 5.41) is 14.7. The van der Waals surface area contributed by atoms with E-state index in [0.29, 0.717) is 5.69 Å². The van der Waals surface area contributed by atoms with Crippen LogP contribution in [0.25, 0.3) is 0 Å². The minimum atomic E-state index is -0.421. The third kappa shape index (κ3) is 1.53. The number of carbonyl (C=O) groups excluding carboxylic acids is 1. The van der Waals surface area contributed by atoms with Crippen LogP contribution in [0.5, 0.6) is 0 Å². The van der Waals surface area contributed by atoms with Crippen molar-refractivity contribution in [2.75, 3.05) is 11.1 Å². The number of hydrogen-bond acceptors (Lipinski definition) is 5. The number of nitrogens with zero attached hydrogens (tertiary/aromatic N) is 3. The van der Waals surface area contributed by atoms with Crippen molar-refractivity contribution in [3.63, 3.8) is 0 Å². The van der Waals surface area contributed by atoms with Crippen molar-refractivity contribution in [3.05, 3.63) is 18.2 Å². The Morgan fingerprint density at radius 1 is 1.57 bits per heavy atom. The van der Waals surface area contributed by atoms with E-state index in [1.54, 1.807) is 0 Å². The molecule has 0 fully saturated rings. The van der Waals surface area contributed by atoms with E-state index >= 15 is 0 Å². The van der Waals surface area contributed by atoms with Crippen LogP contribution in [0, 0.1) is 0 Å². The van der Waals surface area contributed by atoms with Gasteiger partial charge in [-0.3, -0.25) is 15.0 Å². The van der Waals surface area contributed by atoms with Crippen LogP contribution in [0.4, 0.5) is 11.6 Å². The van der Waals surface area contributed by atoms with Crippen LogP contribution in [0.15, 0.2) is 12.4 Å². The zero-order valence-corrected chi connectivity index (χ0v) is 6.98. The summed E-state index contributed by atoms with van der Waals surface area (Å²) in [6.07, 6.45) is 3.01. The third-order valence-corrected chi connectivity index (χ3v) is 1.47. The van der Waals surface area contributed by atoms with E-state index in [-0.39, 0.29) is 11.8 Å². The molecule has 1 amide bonds. The summed E-state index contributed by atoms with van der Waals surface area (Å²) in [5.74, 6) is -0.332. The molecule has 0 spiro atoms. The Labute approximate surface area is 77.9 Å². The topological polar surface area (TPSA) is 125 Å². The molecule has 8 nitrogen and oxygen atoms in total. The van der Waals surface area contributed by atoms with Crippen molar-refractivity contribution < 1.29 is 4.79 Å². The van der Waals surface area contributed by atoms with Crippen LogP contribution in [-0.4, -0.2) is 31.3 Å². The normalized spacial score (nSPS) is 10.0. The number of nitrogens with one attached hydrogen (secondary N) is 3. The molecule has 14 heavy (non-hydrogen) atoms. The Kier molecular flexibility index (Phi) is 1.86. The molecule has 2 heterocycles. The van der Waals surface area contributed by atoms with Gasteiger partial charge in [-0.1, -0.05) is 0 Å². The molecule has 0 atom stereocenters.